The van der Waals surface area contributed by atoms with Gasteiger partial charge >= 0.3 is 6.18 Å². The number of nitrogens with one attached hydrogen (secondary N) is 4. The van der Waals surface area contributed by atoms with Gasteiger partial charge in [0.05, 0.1) is 35.4 Å². The van der Waals surface area contributed by atoms with Crippen LogP contribution in [-0.4, -0.2) is 68.0 Å². The first-order chi connectivity index (χ1) is 20.9. The highest BCUT2D eigenvalue weighted by Crippen LogP contribution is 2.32. The third kappa shape index (κ3) is 9.01. The molecule has 0 bridgehead atoms. The van der Waals surface area contributed by atoms with E-state index in [1.165, 1.54) is 19.2 Å². The van der Waals surface area contributed by atoms with Crippen LogP contribution < -0.4 is 25.4 Å². The van der Waals surface area contributed by atoms with Crippen molar-refractivity contribution in [2.75, 3.05) is 48.9 Å². The van der Waals surface area contributed by atoms with Crippen molar-refractivity contribution in [3.63, 3.8) is 0 Å². The Bertz CT molecular complexity index is 1640. The fourth-order valence-electron chi connectivity index (χ4n) is 4.83. The zero-order valence-corrected chi connectivity index (χ0v) is 26.1. The second-order valence-electron chi connectivity index (χ2n) is 10.4. The van der Waals surface area contributed by atoms with Gasteiger partial charge in [0, 0.05) is 54.8 Å². The van der Waals surface area contributed by atoms with Crippen molar-refractivity contribution in [1.29, 1.82) is 0 Å². The Balaban J connectivity index is 1.51. The highest BCUT2D eigenvalue weighted by atomic mass is 32.2. The Morgan fingerprint density at radius 1 is 1.16 bits per heavy atom. The number of ether oxygens (including phenoxy) is 1. The van der Waals surface area contributed by atoms with Gasteiger partial charge in [0.1, 0.15) is 23.8 Å². The van der Waals surface area contributed by atoms with Gasteiger partial charge in [-0.25, -0.2) is 13.1 Å². The summed E-state index contributed by atoms with van der Waals surface area (Å²) in [4.78, 5) is 0.0175. The molecule has 0 saturated carbocycles. The number of anilines is 2. The Hall–Kier alpha value is -3.51. The van der Waals surface area contributed by atoms with E-state index in [0.29, 0.717) is 40.3 Å². The predicted molar refractivity (Wildman–Crippen MR) is 169 cm³/mol. The number of methoxy groups -OCH3 is 1. The molecule has 0 atom stereocenters. The quantitative estimate of drug-likeness (QED) is 0.130. The minimum Gasteiger partial charge on any atom is -0.616 e. The molecule has 0 radical (unpaired) electrons. The van der Waals surface area contributed by atoms with E-state index in [2.05, 4.69) is 39.1 Å². The Morgan fingerprint density at radius 3 is 2.59 bits per heavy atom. The number of nitrogens with zero attached hydrogens (tertiary/aromatic N) is 1. The number of alkyl halides is 3. The molecule has 1 aliphatic rings. The molecule has 1 aromatic heterocycles. The maximum Gasteiger partial charge on any atom is 0.406 e. The van der Waals surface area contributed by atoms with Crippen LogP contribution in [0.5, 0.6) is 5.75 Å². The highest BCUT2D eigenvalue weighted by Gasteiger charge is 2.30. The van der Waals surface area contributed by atoms with Gasteiger partial charge in [-0.05, 0) is 43.2 Å². The summed E-state index contributed by atoms with van der Waals surface area (Å²) < 4.78 is 86.8. The van der Waals surface area contributed by atoms with E-state index in [4.69, 9.17) is 4.74 Å². The minimum atomic E-state index is -4.46. The Morgan fingerprint density at radius 2 is 1.91 bits per heavy atom. The summed E-state index contributed by atoms with van der Waals surface area (Å²) in [7, 11) is -2.38. The second-order valence-corrected chi connectivity index (χ2v) is 13.8. The summed E-state index contributed by atoms with van der Waals surface area (Å²) in [6, 6.07) is 11.3. The van der Waals surface area contributed by atoms with E-state index < -0.39 is 33.9 Å². The molecule has 0 unspecified atom stereocenters. The topological polar surface area (TPSA) is 119 Å². The van der Waals surface area contributed by atoms with Crippen LogP contribution in [0.1, 0.15) is 25.5 Å². The first kappa shape index (κ1) is 33.4. The summed E-state index contributed by atoms with van der Waals surface area (Å²) in [6.45, 7) is 4.89. The average molecular weight is 652 g/mol. The molecule has 0 amide bonds. The summed E-state index contributed by atoms with van der Waals surface area (Å²) in [5, 5.41) is 10.0. The van der Waals surface area contributed by atoms with Gasteiger partial charge in [0.25, 0.3) is 0 Å². The normalized spacial score (nSPS) is 17.0. The Kier molecular flexibility index (Phi) is 11.0. The summed E-state index contributed by atoms with van der Waals surface area (Å²) in [5.74, 6) is 7.21. The molecule has 14 heteroatoms. The molecule has 0 spiro atoms. The van der Waals surface area contributed by atoms with Crippen molar-refractivity contribution in [3.8, 4) is 17.6 Å². The number of rotatable bonds is 12. The third-order valence-electron chi connectivity index (χ3n) is 6.94. The largest absolute Gasteiger partial charge is 0.616 e. The van der Waals surface area contributed by atoms with Crippen molar-refractivity contribution in [2.24, 2.45) is 0 Å². The molecule has 4 N–H and O–H groups in total. The number of sulfonamides is 1. The van der Waals surface area contributed by atoms with Gasteiger partial charge in [-0.1, -0.05) is 29.7 Å². The molecule has 2 heterocycles. The molecule has 44 heavy (non-hydrogen) atoms. The zero-order valence-electron chi connectivity index (χ0n) is 24.5. The summed E-state index contributed by atoms with van der Waals surface area (Å²) >= 11 is -0.822. The SMILES string of the molecule is C=C(C)NCCNS(=O)(=O)c1ccc(NCC#Cc2cc3c(NC4CC[S+]([O-])CC4)cccc3n2CC(F)(F)F)c(OC)c1. The van der Waals surface area contributed by atoms with E-state index in [-0.39, 0.29) is 35.5 Å². The molecule has 3 aromatic rings. The van der Waals surface area contributed by atoms with Crippen molar-refractivity contribution in [3.05, 3.63) is 60.4 Å². The highest BCUT2D eigenvalue weighted by molar-refractivity contribution is 7.91. The summed E-state index contributed by atoms with van der Waals surface area (Å²) in [6.07, 6.45) is -3.00. The van der Waals surface area contributed by atoms with Crippen LogP contribution in [-0.2, 0) is 27.7 Å². The molecular weight excluding hydrogens is 615 g/mol. The van der Waals surface area contributed by atoms with Gasteiger partial charge in [-0.2, -0.15) is 13.2 Å². The lowest BCUT2D eigenvalue weighted by Crippen LogP contribution is -2.32. The lowest BCUT2D eigenvalue weighted by atomic mass is 10.1. The number of allylic oxidation sites excluding steroid dienone is 1. The van der Waals surface area contributed by atoms with Crippen LogP contribution in [0.3, 0.4) is 0 Å². The average Bonchev–Trinajstić information content (AvgIpc) is 3.31. The first-order valence-electron chi connectivity index (χ1n) is 14.0. The van der Waals surface area contributed by atoms with Gasteiger partial charge in [-0.15, -0.1) is 0 Å². The number of benzene rings is 2. The van der Waals surface area contributed by atoms with Crippen molar-refractivity contribution >= 4 is 43.5 Å². The standard InChI is InChI=1S/C30H36F3N5O4S2/c1-21(2)34-14-15-36-44(40,41)24-9-10-27(29(19-24)42-3)35-13-5-6-23-18-25-26(37-22-11-16-43(39)17-12-22)7-4-8-28(25)38(23)20-30(31,32)33/h4,7-10,18-19,22,34-37H,1,11-17,20H2,2-3H3. The van der Waals surface area contributed by atoms with Gasteiger partial charge in [-0.3, -0.25) is 0 Å². The van der Waals surface area contributed by atoms with Crippen LogP contribution in [0.2, 0.25) is 0 Å². The number of hydrogen-bond acceptors (Lipinski definition) is 7. The van der Waals surface area contributed by atoms with Gasteiger partial charge < -0.3 is 29.8 Å². The fraction of sp³-hybridized carbons (Fsp3) is 0.400. The van der Waals surface area contributed by atoms with Crippen molar-refractivity contribution < 1.29 is 30.9 Å². The van der Waals surface area contributed by atoms with E-state index in [9.17, 15) is 26.1 Å². The number of aromatic nitrogens is 1. The lowest BCUT2D eigenvalue weighted by molar-refractivity contribution is -0.140. The molecule has 4 rings (SSSR count). The van der Waals surface area contributed by atoms with Crippen LogP contribution in [0, 0.1) is 11.8 Å². The maximum atomic E-state index is 13.6. The number of fused-ring (bicyclic) bond motifs is 1. The first-order valence-corrected chi connectivity index (χ1v) is 16.9. The molecule has 1 saturated heterocycles. The molecular formula is C30H36F3N5O4S2. The van der Waals surface area contributed by atoms with Crippen LogP contribution in [0.15, 0.2) is 59.6 Å². The molecule has 1 fully saturated rings. The molecule has 0 aliphatic carbocycles. The predicted octanol–water partition coefficient (Wildman–Crippen LogP) is 4.40. The van der Waals surface area contributed by atoms with E-state index >= 15 is 0 Å². The van der Waals surface area contributed by atoms with Crippen LogP contribution in [0.4, 0.5) is 24.5 Å². The molecule has 238 valence electrons. The van der Waals surface area contributed by atoms with E-state index in [0.717, 1.165) is 23.1 Å². The van der Waals surface area contributed by atoms with Crippen molar-refractivity contribution in [2.45, 2.75) is 43.4 Å². The van der Waals surface area contributed by atoms with E-state index in [1.54, 1.807) is 31.2 Å². The van der Waals surface area contributed by atoms with Gasteiger partial charge in [0.15, 0.2) is 0 Å². The molecule has 2 aromatic carbocycles. The molecule has 9 nitrogen and oxygen atoms in total. The minimum absolute atomic E-state index is 0.0175. The lowest BCUT2D eigenvalue weighted by Gasteiger charge is -2.26. The summed E-state index contributed by atoms with van der Waals surface area (Å²) in [5.41, 5.74) is 2.53. The second kappa shape index (κ2) is 14.5. The fourth-order valence-corrected chi connectivity index (χ4v) is 7.17. The van der Waals surface area contributed by atoms with E-state index in [1.807, 2.05) is 6.07 Å². The van der Waals surface area contributed by atoms with Crippen LogP contribution >= 0.6 is 0 Å². The third-order valence-corrected chi connectivity index (χ3v) is 9.78. The van der Waals surface area contributed by atoms with Crippen molar-refractivity contribution in [1.82, 2.24) is 14.6 Å². The smallest absolute Gasteiger partial charge is 0.406 e. The van der Waals surface area contributed by atoms with Gasteiger partial charge in [0.2, 0.25) is 10.0 Å². The molecule has 1 aliphatic heterocycles. The number of hydrogen-bond donors (Lipinski definition) is 4. The maximum absolute atomic E-state index is 13.6. The number of halogens is 3. The zero-order chi connectivity index (χ0) is 31.9. The monoisotopic (exact) mass is 651 g/mol. The van der Waals surface area contributed by atoms with Crippen LogP contribution in [0.25, 0.3) is 10.9 Å². The Labute approximate surface area is 258 Å².